The molecule has 1 aromatic heterocycles. The van der Waals surface area contributed by atoms with Gasteiger partial charge in [-0.3, -0.25) is 9.69 Å². The van der Waals surface area contributed by atoms with Crippen LogP contribution in [0.4, 0.5) is 4.79 Å². The third-order valence-corrected chi connectivity index (χ3v) is 4.73. The summed E-state index contributed by atoms with van der Waals surface area (Å²) in [5.74, 6) is -0.375. The maximum atomic E-state index is 12.8. The van der Waals surface area contributed by atoms with Gasteiger partial charge in [0.1, 0.15) is 17.2 Å². The minimum absolute atomic E-state index is 0.0129. The second kappa shape index (κ2) is 9.04. The highest BCUT2D eigenvalue weighted by molar-refractivity contribution is 6.30. The van der Waals surface area contributed by atoms with Crippen LogP contribution in [0.25, 0.3) is 6.08 Å². The van der Waals surface area contributed by atoms with E-state index in [1.807, 2.05) is 13.8 Å². The van der Waals surface area contributed by atoms with Gasteiger partial charge in [-0.05, 0) is 49.8 Å². The Balaban J connectivity index is 1.82. The molecule has 3 amide bonds. The Bertz CT molecular complexity index is 1010. The van der Waals surface area contributed by atoms with Gasteiger partial charge in [0.25, 0.3) is 5.91 Å². The number of halogens is 1. The van der Waals surface area contributed by atoms with Gasteiger partial charge in [-0.15, -0.1) is 0 Å². The molecule has 1 fully saturated rings. The SMILES string of the molecule is CC[C@@H](C)Oc1ccc(Cl)cc1/C=C1\NC(=O)N(Cc2ccc(C(=O)OC)o2)C1=O. The van der Waals surface area contributed by atoms with Crippen LogP contribution in [0.2, 0.25) is 5.02 Å². The molecule has 1 aliphatic heterocycles. The first-order valence-corrected chi connectivity index (χ1v) is 9.68. The van der Waals surface area contributed by atoms with E-state index in [9.17, 15) is 14.4 Å². The summed E-state index contributed by atoms with van der Waals surface area (Å²) in [6.07, 6.45) is 2.29. The van der Waals surface area contributed by atoms with Crippen molar-refractivity contribution in [1.29, 1.82) is 0 Å². The van der Waals surface area contributed by atoms with Crippen molar-refractivity contribution in [3.05, 3.63) is 58.1 Å². The van der Waals surface area contributed by atoms with E-state index in [1.54, 1.807) is 18.2 Å². The van der Waals surface area contributed by atoms with E-state index in [0.717, 1.165) is 11.3 Å². The monoisotopic (exact) mass is 432 g/mol. The predicted octanol–water partition coefficient (Wildman–Crippen LogP) is 3.99. The van der Waals surface area contributed by atoms with Crippen LogP contribution >= 0.6 is 11.6 Å². The number of benzene rings is 1. The molecule has 158 valence electrons. The first kappa shape index (κ1) is 21.4. The number of nitrogens with zero attached hydrogens (tertiary/aromatic N) is 1. The number of rotatable bonds is 7. The Kier molecular flexibility index (Phi) is 6.47. The molecule has 30 heavy (non-hydrogen) atoms. The standard InChI is InChI=1S/C21H21ClN2O6/c1-4-12(2)29-17-7-5-14(22)9-13(17)10-16-19(25)24(21(27)23-16)11-15-6-8-18(30-15)20(26)28-3/h5-10,12H,4,11H2,1-3H3,(H,23,27)/b16-10-/t12-/m1/s1. The average Bonchev–Trinajstić information content (AvgIpc) is 3.30. The number of nitrogens with one attached hydrogen (secondary N) is 1. The number of carbonyl (C=O) groups is 3. The van der Waals surface area contributed by atoms with E-state index in [-0.39, 0.29) is 29.9 Å². The summed E-state index contributed by atoms with van der Waals surface area (Å²) < 4.78 is 15.8. The van der Waals surface area contributed by atoms with Gasteiger partial charge in [-0.2, -0.15) is 0 Å². The van der Waals surface area contributed by atoms with Gasteiger partial charge in [0.05, 0.1) is 19.8 Å². The molecule has 0 spiro atoms. The van der Waals surface area contributed by atoms with Crippen molar-refractivity contribution >= 4 is 35.6 Å². The number of hydrogen-bond donors (Lipinski definition) is 1. The van der Waals surface area contributed by atoms with E-state index in [4.69, 9.17) is 20.8 Å². The number of hydrogen-bond acceptors (Lipinski definition) is 6. The van der Waals surface area contributed by atoms with Crippen molar-refractivity contribution in [3.63, 3.8) is 0 Å². The molecule has 1 aliphatic rings. The van der Waals surface area contributed by atoms with Gasteiger partial charge in [0, 0.05) is 10.6 Å². The second-order valence-electron chi connectivity index (χ2n) is 6.66. The summed E-state index contributed by atoms with van der Waals surface area (Å²) in [6.45, 7) is 3.80. The van der Waals surface area contributed by atoms with E-state index in [2.05, 4.69) is 10.1 Å². The normalized spacial score (nSPS) is 16.0. The fourth-order valence-electron chi connectivity index (χ4n) is 2.74. The number of imide groups is 1. The number of furan rings is 1. The largest absolute Gasteiger partial charge is 0.490 e. The molecular weight excluding hydrogens is 412 g/mol. The minimum Gasteiger partial charge on any atom is -0.490 e. The van der Waals surface area contributed by atoms with Crippen LogP contribution in [0.3, 0.4) is 0 Å². The molecule has 1 aromatic carbocycles. The van der Waals surface area contributed by atoms with Crippen molar-refractivity contribution < 1.29 is 28.3 Å². The maximum absolute atomic E-state index is 12.8. The summed E-state index contributed by atoms with van der Waals surface area (Å²) in [5.41, 5.74) is 0.648. The summed E-state index contributed by atoms with van der Waals surface area (Å²) >= 11 is 6.10. The lowest BCUT2D eigenvalue weighted by molar-refractivity contribution is -0.123. The number of urea groups is 1. The van der Waals surface area contributed by atoms with Crippen molar-refractivity contribution in [3.8, 4) is 5.75 Å². The third-order valence-electron chi connectivity index (χ3n) is 4.50. The van der Waals surface area contributed by atoms with Crippen LogP contribution in [0.1, 0.15) is 42.1 Å². The Hall–Kier alpha value is -3.26. The molecule has 0 radical (unpaired) electrons. The number of amides is 3. The fourth-order valence-corrected chi connectivity index (χ4v) is 2.92. The van der Waals surface area contributed by atoms with Crippen molar-refractivity contribution in [2.75, 3.05) is 7.11 Å². The van der Waals surface area contributed by atoms with Gasteiger partial charge in [0.15, 0.2) is 0 Å². The van der Waals surface area contributed by atoms with Crippen LogP contribution in [0.15, 0.2) is 40.4 Å². The molecule has 0 saturated carbocycles. The van der Waals surface area contributed by atoms with Crippen LogP contribution in [-0.4, -0.2) is 36.0 Å². The molecule has 2 aromatic rings. The molecule has 1 saturated heterocycles. The summed E-state index contributed by atoms with van der Waals surface area (Å²) in [6, 6.07) is 7.39. The second-order valence-corrected chi connectivity index (χ2v) is 7.09. The Morgan fingerprint density at radius 1 is 1.30 bits per heavy atom. The summed E-state index contributed by atoms with van der Waals surface area (Å²) in [7, 11) is 1.23. The zero-order valence-corrected chi connectivity index (χ0v) is 17.5. The fraction of sp³-hybridized carbons (Fsp3) is 0.286. The van der Waals surface area contributed by atoms with E-state index in [1.165, 1.54) is 25.3 Å². The molecule has 1 N–H and O–H groups in total. The third kappa shape index (κ3) is 4.65. The lowest BCUT2D eigenvalue weighted by Gasteiger charge is -2.15. The Morgan fingerprint density at radius 3 is 2.77 bits per heavy atom. The van der Waals surface area contributed by atoms with Crippen LogP contribution in [-0.2, 0) is 16.1 Å². The molecule has 1 atom stereocenters. The Morgan fingerprint density at radius 2 is 2.07 bits per heavy atom. The number of ether oxygens (including phenoxy) is 2. The quantitative estimate of drug-likeness (QED) is 0.403. The highest BCUT2D eigenvalue weighted by Gasteiger charge is 2.34. The Labute approximate surface area is 178 Å². The van der Waals surface area contributed by atoms with Crippen LogP contribution in [0.5, 0.6) is 5.75 Å². The topological polar surface area (TPSA) is 98.1 Å². The highest BCUT2D eigenvalue weighted by atomic mass is 35.5. The number of esters is 1. The average molecular weight is 433 g/mol. The van der Waals surface area contributed by atoms with Crippen LogP contribution in [0, 0.1) is 0 Å². The smallest absolute Gasteiger partial charge is 0.373 e. The number of carbonyl (C=O) groups excluding carboxylic acids is 3. The van der Waals surface area contributed by atoms with Crippen LogP contribution < -0.4 is 10.1 Å². The predicted molar refractivity (Wildman–Crippen MR) is 109 cm³/mol. The van der Waals surface area contributed by atoms with Gasteiger partial charge < -0.3 is 19.2 Å². The molecule has 8 nitrogen and oxygen atoms in total. The van der Waals surface area contributed by atoms with Crippen molar-refractivity contribution in [2.24, 2.45) is 0 Å². The summed E-state index contributed by atoms with van der Waals surface area (Å²) in [5, 5.41) is 3.01. The van der Waals surface area contributed by atoms with E-state index >= 15 is 0 Å². The molecule has 9 heteroatoms. The van der Waals surface area contributed by atoms with Gasteiger partial charge in [0.2, 0.25) is 5.76 Å². The lowest BCUT2D eigenvalue weighted by Crippen LogP contribution is -2.30. The molecule has 2 heterocycles. The van der Waals surface area contributed by atoms with Crippen molar-refractivity contribution in [2.45, 2.75) is 32.9 Å². The molecule has 3 rings (SSSR count). The van der Waals surface area contributed by atoms with Gasteiger partial charge in [-0.25, -0.2) is 9.59 Å². The minimum atomic E-state index is -0.645. The summed E-state index contributed by atoms with van der Waals surface area (Å²) in [4.78, 5) is 37.6. The zero-order chi connectivity index (χ0) is 21.8. The first-order chi connectivity index (χ1) is 14.3. The first-order valence-electron chi connectivity index (χ1n) is 9.30. The molecule has 0 unspecified atom stereocenters. The van der Waals surface area contributed by atoms with Crippen molar-refractivity contribution in [1.82, 2.24) is 10.2 Å². The maximum Gasteiger partial charge on any atom is 0.373 e. The van der Waals surface area contributed by atoms with Gasteiger partial charge >= 0.3 is 12.0 Å². The van der Waals surface area contributed by atoms with E-state index < -0.39 is 17.9 Å². The lowest BCUT2D eigenvalue weighted by atomic mass is 10.1. The van der Waals surface area contributed by atoms with E-state index in [0.29, 0.717) is 16.3 Å². The van der Waals surface area contributed by atoms with Gasteiger partial charge in [-0.1, -0.05) is 18.5 Å². The highest BCUT2D eigenvalue weighted by Crippen LogP contribution is 2.28. The molecule has 0 aliphatic carbocycles. The molecular formula is C21H21ClN2O6. The zero-order valence-electron chi connectivity index (χ0n) is 16.7. The number of methoxy groups -OCH3 is 1. The molecule has 0 bridgehead atoms.